The zero-order chi connectivity index (χ0) is 16.4. The number of nitrogens with one attached hydrogen (secondary N) is 1. The minimum Gasteiger partial charge on any atom is -0.335 e. The number of amides is 1. The summed E-state index contributed by atoms with van der Waals surface area (Å²) in [5.41, 5.74) is 2.24. The Morgan fingerprint density at radius 3 is 2.57 bits per heavy atom. The minimum absolute atomic E-state index is 0.0253. The van der Waals surface area contributed by atoms with Crippen molar-refractivity contribution in [3.8, 4) is 0 Å². The Morgan fingerprint density at radius 2 is 1.83 bits per heavy atom. The van der Waals surface area contributed by atoms with Crippen molar-refractivity contribution in [1.82, 2.24) is 4.57 Å². The molecule has 0 bridgehead atoms. The van der Waals surface area contributed by atoms with E-state index < -0.39 is 0 Å². The fourth-order valence-electron chi connectivity index (χ4n) is 2.54. The van der Waals surface area contributed by atoms with Crippen molar-refractivity contribution in [3.05, 3.63) is 75.0 Å². The number of anilines is 1. The Labute approximate surface area is 141 Å². The molecule has 4 nitrogen and oxygen atoms in total. The molecule has 1 N–H and O–H groups in total. The largest absolute Gasteiger partial charge is 0.335 e. The maximum Gasteiger partial charge on any atom is 0.244 e. The lowest BCUT2D eigenvalue weighted by Crippen LogP contribution is -2.22. The SMILES string of the molecule is Cc1cc(=O)c2ccccc2n1CC(=O)Nc1ccc(Br)cc1. The van der Waals surface area contributed by atoms with Gasteiger partial charge in [0.15, 0.2) is 5.43 Å². The van der Waals surface area contributed by atoms with E-state index in [1.54, 1.807) is 12.1 Å². The highest BCUT2D eigenvalue weighted by Crippen LogP contribution is 2.15. The van der Waals surface area contributed by atoms with Gasteiger partial charge in [-0.2, -0.15) is 0 Å². The number of rotatable bonds is 3. The average molecular weight is 371 g/mol. The quantitative estimate of drug-likeness (QED) is 0.763. The van der Waals surface area contributed by atoms with Gasteiger partial charge in [0.05, 0.1) is 5.52 Å². The number of hydrogen-bond donors (Lipinski definition) is 1. The first kappa shape index (κ1) is 15.5. The van der Waals surface area contributed by atoms with Gasteiger partial charge in [-0.25, -0.2) is 0 Å². The Balaban J connectivity index is 1.90. The Hall–Kier alpha value is -2.40. The average Bonchev–Trinajstić information content (AvgIpc) is 2.54. The lowest BCUT2D eigenvalue weighted by molar-refractivity contribution is -0.116. The first-order valence-electron chi connectivity index (χ1n) is 7.19. The van der Waals surface area contributed by atoms with Crippen molar-refractivity contribution >= 4 is 38.4 Å². The maximum absolute atomic E-state index is 12.3. The second-order valence-corrected chi connectivity index (χ2v) is 6.22. The van der Waals surface area contributed by atoms with Crippen LogP contribution in [-0.4, -0.2) is 10.5 Å². The van der Waals surface area contributed by atoms with Crippen LogP contribution in [0.15, 0.2) is 63.9 Å². The van der Waals surface area contributed by atoms with Crippen LogP contribution in [0.3, 0.4) is 0 Å². The zero-order valence-electron chi connectivity index (χ0n) is 12.5. The predicted molar refractivity (Wildman–Crippen MR) is 95.7 cm³/mol. The molecule has 3 rings (SSSR count). The van der Waals surface area contributed by atoms with Gasteiger partial charge >= 0.3 is 0 Å². The lowest BCUT2D eigenvalue weighted by Gasteiger charge is -2.14. The molecule has 0 saturated heterocycles. The molecule has 0 aliphatic carbocycles. The highest BCUT2D eigenvalue weighted by Gasteiger charge is 2.10. The molecule has 0 aliphatic heterocycles. The molecule has 2 aromatic carbocycles. The van der Waals surface area contributed by atoms with Gasteiger partial charge in [-0.3, -0.25) is 9.59 Å². The van der Waals surface area contributed by atoms with E-state index in [4.69, 9.17) is 0 Å². The van der Waals surface area contributed by atoms with Crippen LogP contribution in [0.25, 0.3) is 10.9 Å². The summed E-state index contributed by atoms with van der Waals surface area (Å²) < 4.78 is 2.81. The zero-order valence-corrected chi connectivity index (χ0v) is 14.1. The molecule has 0 unspecified atom stereocenters. The van der Waals surface area contributed by atoms with Crippen molar-refractivity contribution in [1.29, 1.82) is 0 Å². The third-order valence-electron chi connectivity index (χ3n) is 3.66. The first-order valence-corrected chi connectivity index (χ1v) is 7.98. The number of hydrogen-bond acceptors (Lipinski definition) is 2. The van der Waals surface area contributed by atoms with Crippen molar-refractivity contribution in [3.63, 3.8) is 0 Å². The molecule has 1 amide bonds. The number of carbonyl (C=O) groups is 1. The van der Waals surface area contributed by atoms with Gasteiger partial charge in [0.1, 0.15) is 6.54 Å². The summed E-state index contributed by atoms with van der Waals surface area (Å²) in [6.07, 6.45) is 0. The molecule has 116 valence electrons. The topological polar surface area (TPSA) is 51.1 Å². The van der Waals surface area contributed by atoms with Crippen LogP contribution in [0.1, 0.15) is 5.69 Å². The van der Waals surface area contributed by atoms with E-state index in [9.17, 15) is 9.59 Å². The van der Waals surface area contributed by atoms with Crippen molar-refractivity contribution < 1.29 is 4.79 Å². The van der Waals surface area contributed by atoms with Crippen molar-refractivity contribution in [2.45, 2.75) is 13.5 Å². The number of para-hydroxylation sites is 1. The number of carbonyl (C=O) groups excluding carboxylic acids is 1. The van der Waals surface area contributed by atoms with Gasteiger partial charge < -0.3 is 9.88 Å². The molecule has 0 atom stereocenters. The van der Waals surface area contributed by atoms with Gasteiger partial charge in [-0.15, -0.1) is 0 Å². The number of benzene rings is 2. The third kappa shape index (κ3) is 3.35. The van der Waals surface area contributed by atoms with Crippen LogP contribution in [0.4, 0.5) is 5.69 Å². The molecule has 0 aliphatic rings. The van der Waals surface area contributed by atoms with E-state index in [0.29, 0.717) is 5.39 Å². The second kappa shape index (κ2) is 6.38. The Morgan fingerprint density at radius 1 is 1.13 bits per heavy atom. The van der Waals surface area contributed by atoms with Crippen molar-refractivity contribution in [2.24, 2.45) is 0 Å². The fraction of sp³-hybridized carbons (Fsp3) is 0.111. The summed E-state index contributed by atoms with van der Waals surface area (Å²) in [7, 11) is 0. The number of nitrogens with zero attached hydrogens (tertiary/aromatic N) is 1. The van der Waals surface area contributed by atoms with E-state index in [1.165, 1.54) is 0 Å². The minimum atomic E-state index is -0.135. The molecule has 0 radical (unpaired) electrons. The van der Waals surface area contributed by atoms with Gasteiger partial charge in [0.2, 0.25) is 5.91 Å². The van der Waals surface area contributed by atoms with E-state index >= 15 is 0 Å². The smallest absolute Gasteiger partial charge is 0.244 e. The molecule has 0 saturated carbocycles. The van der Waals surface area contributed by atoms with E-state index in [-0.39, 0.29) is 17.9 Å². The van der Waals surface area contributed by atoms with E-state index in [0.717, 1.165) is 21.4 Å². The molecule has 23 heavy (non-hydrogen) atoms. The molecule has 0 spiro atoms. The molecule has 0 fully saturated rings. The predicted octanol–water partition coefficient (Wildman–Crippen LogP) is 3.71. The van der Waals surface area contributed by atoms with E-state index in [1.807, 2.05) is 54.0 Å². The van der Waals surface area contributed by atoms with Crippen LogP contribution in [-0.2, 0) is 11.3 Å². The fourth-order valence-corrected chi connectivity index (χ4v) is 2.80. The summed E-state index contributed by atoms with van der Waals surface area (Å²) >= 11 is 3.36. The van der Waals surface area contributed by atoms with Crippen molar-refractivity contribution in [2.75, 3.05) is 5.32 Å². The van der Waals surface area contributed by atoms with Crippen LogP contribution in [0, 0.1) is 6.92 Å². The van der Waals surface area contributed by atoms with Gasteiger partial charge in [0.25, 0.3) is 0 Å². The van der Waals surface area contributed by atoms with Crippen LogP contribution < -0.4 is 10.7 Å². The second-order valence-electron chi connectivity index (χ2n) is 5.31. The van der Waals surface area contributed by atoms with E-state index in [2.05, 4.69) is 21.2 Å². The third-order valence-corrected chi connectivity index (χ3v) is 4.18. The highest BCUT2D eigenvalue weighted by atomic mass is 79.9. The maximum atomic E-state index is 12.3. The summed E-state index contributed by atoms with van der Waals surface area (Å²) in [6, 6.07) is 16.3. The summed E-state index contributed by atoms with van der Waals surface area (Å²) in [4.78, 5) is 24.4. The van der Waals surface area contributed by atoms with Gasteiger partial charge in [-0.05, 0) is 43.3 Å². The molecule has 1 aromatic heterocycles. The highest BCUT2D eigenvalue weighted by molar-refractivity contribution is 9.10. The van der Waals surface area contributed by atoms with Gasteiger partial charge in [-0.1, -0.05) is 28.1 Å². The molecular formula is C18H15BrN2O2. The molecular weight excluding hydrogens is 356 g/mol. The number of fused-ring (bicyclic) bond motifs is 1. The molecule has 5 heteroatoms. The standard InChI is InChI=1S/C18H15BrN2O2/c1-12-10-17(22)15-4-2-3-5-16(15)21(12)11-18(23)20-14-8-6-13(19)7-9-14/h2-10H,11H2,1H3,(H,20,23). The van der Waals surface area contributed by atoms with Gasteiger partial charge in [0, 0.05) is 27.3 Å². The van der Waals surface area contributed by atoms with Crippen LogP contribution >= 0.6 is 15.9 Å². The Bertz CT molecular complexity index is 930. The molecule has 1 heterocycles. The van der Waals surface area contributed by atoms with Crippen LogP contribution in [0.5, 0.6) is 0 Å². The number of halogens is 1. The molecule has 3 aromatic rings. The number of pyridine rings is 1. The monoisotopic (exact) mass is 370 g/mol. The number of aryl methyl sites for hydroxylation is 1. The number of aromatic nitrogens is 1. The normalized spacial score (nSPS) is 10.7. The summed E-state index contributed by atoms with van der Waals surface area (Å²) in [6.45, 7) is 1.99. The van der Waals surface area contributed by atoms with Crippen LogP contribution in [0.2, 0.25) is 0 Å². The summed E-state index contributed by atoms with van der Waals surface area (Å²) in [5.74, 6) is -0.135. The summed E-state index contributed by atoms with van der Waals surface area (Å²) in [5, 5.41) is 3.49. The Kier molecular flexibility index (Phi) is 4.30. The first-order chi connectivity index (χ1) is 11.0. The lowest BCUT2D eigenvalue weighted by atomic mass is 10.2.